The van der Waals surface area contributed by atoms with E-state index < -0.39 is 0 Å². The maximum absolute atomic E-state index is 6.45. The first-order valence-corrected chi connectivity index (χ1v) is 12.0. The molecule has 0 bridgehead atoms. The molecule has 0 amide bonds. The van der Waals surface area contributed by atoms with Crippen LogP contribution in [0.5, 0.6) is 11.5 Å². The Hall–Kier alpha value is -2.08. The molecule has 1 unspecified atom stereocenters. The molecule has 2 aromatic rings. The van der Waals surface area contributed by atoms with E-state index in [1.54, 1.807) is 14.2 Å². The normalized spacial score (nSPS) is 23.9. The highest BCUT2D eigenvalue weighted by Gasteiger charge is 2.35. The third kappa shape index (κ3) is 6.03. The van der Waals surface area contributed by atoms with Gasteiger partial charge in [0.15, 0.2) is 11.5 Å². The van der Waals surface area contributed by atoms with E-state index in [0.717, 1.165) is 50.5 Å². The molecule has 2 aromatic carbocycles. The molecule has 3 atom stereocenters. The second-order valence-corrected chi connectivity index (χ2v) is 8.90. The van der Waals surface area contributed by atoms with Gasteiger partial charge in [-0.15, -0.1) is 0 Å². The van der Waals surface area contributed by atoms with E-state index in [2.05, 4.69) is 47.4 Å². The molecule has 0 aromatic heterocycles. The second-order valence-electron chi connectivity index (χ2n) is 8.90. The molecule has 2 aliphatic rings. The predicted molar refractivity (Wildman–Crippen MR) is 126 cm³/mol. The molecular weight excluding hydrogens is 402 g/mol. The van der Waals surface area contributed by atoms with Crippen LogP contribution in [0.25, 0.3) is 0 Å². The summed E-state index contributed by atoms with van der Waals surface area (Å²) in [4.78, 5) is 2.62. The van der Waals surface area contributed by atoms with Crippen LogP contribution in [0, 0.1) is 0 Å². The van der Waals surface area contributed by atoms with Crippen molar-refractivity contribution in [3.05, 3.63) is 59.7 Å². The lowest BCUT2D eigenvalue weighted by Gasteiger charge is -2.37. The Balaban J connectivity index is 1.26. The van der Waals surface area contributed by atoms with Crippen LogP contribution in [-0.2, 0) is 22.5 Å². The number of likely N-dealkylation sites (tertiary alicyclic amines) is 1. The van der Waals surface area contributed by atoms with Gasteiger partial charge >= 0.3 is 0 Å². The topological polar surface area (TPSA) is 40.2 Å². The number of rotatable bonds is 10. The van der Waals surface area contributed by atoms with E-state index in [0.29, 0.717) is 24.9 Å². The second kappa shape index (κ2) is 11.7. The summed E-state index contributed by atoms with van der Waals surface area (Å²) in [5.41, 5.74) is 2.46. The van der Waals surface area contributed by atoms with Gasteiger partial charge in [0.05, 0.1) is 39.6 Å². The molecular formula is C27H37NO4. The highest BCUT2D eigenvalue weighted by Crippen LogP contribution is 2.30. The minimum atomic E-state index is 0.316. The molecule has 1 saturated heterocycles. The Morgan fingerprint density at radius 2 is 1.66 bits per heavy atom. The summed E-state index contributed by atoms with van der Waals surface area (Å²) in [5, 5.41) is 0. The van der Waals surface area contributed by atoms with Gasteiger partial charge < -0.3 is 18.9 Å². The average molecular weight is 440 g/mol. The molecule has 0 radical (unpaired) electrons. The fourth-order valence-electron chi connectivity index (χ4n) is 5.03. The van der Waals surface area contributed by atoms with Gasteiger partial charge in [0.2, 0.25) is 0 Å². The summed E-state index contributed by atoms with van der Waals surface area (Å²) in [6.45, 7) is 3.57. The molecule has 0 N–H and O–H groups in total. The zero-order chi connectivity index (χ0) is 22.2. The van der Waals surface area contributed by atoms with Crippen molar-refractivity contribution in [3.63, 3.8) is 0 Å². The zero-order valence-electron chi connectivity index (χ0n) is 19.5. The number of hydrogen-bond donors (Lipinski definition) is 0. The number of ether oxygens (including phenoxy) is 4. The molecule has 1 heterocycles. The lowest BCUT2D eigenvalue weighted by Crippen LogP contribution is -2.46. The highest BCUT2D eigenvalue weighted by molar-refractivity contribution is 5.42. The SMILES string of the molecule is COc1ccc(CCOC2CCCC[C@H]2N2CC[C@H](OCc3ccccc3)C2)cc1OC. The maximum Gasteiger partial charge on any atom is 0.160 e. The predicted octanol–water partition coefficient (Wildman–Crippen LogP) is 4.87. The van der Waals surface area contributed by atoms with Crippen molar-refractivity contribution in [1.82, 2.24) is 4.90 Å². The summed E-state index contributed by atoms with van der Waals surface area (Å²) in [5.74, 6) is 1.54. The van der Waals surface area contributed by atoms with Crippen LogP contribution in [0.15, 0.2) is 48.5 Å². The third-order valence-corrected chi connectivity index (χ3v) is 6.81. The Morgan fingerprint density at radius 1 is 0.844 bits per heavy atom. The van der Waals surface area contributed by atoms with Crippen molar-refractivity contribution in [2.45, 2.75) is 63.4 Å². The van der Waals surface area contributed by atoms with Gasteiger partial charge in [-0.2, -0.15) is 0 Å². The summed E-state index contributed by atoms with van der Waals surface area (Å²) >= 11 is 0. The first kappa shape index (κ1) is 23.1. The van der Waals surface area contributed by atoms with Crippen LogP contribution in [0.3, 0.4) is 0 Å². The van der Waals surface area contributed by atoms with Gasteiger partial charge in [-0.3, -0.25) is 4.90 Å². The van der Waals surface area contributed by atoms with Crippen molar-refractivity contribution in [2.24, 2.45) is 0 Å². The first-order chi connectivity index (χ1) is 15.8. The van der Waals surface area contributed by atoms with Crippen molar-refractivity contribution in [1.29, 1.82) is 0 Å². The molecule has 2 fully saturated rings. The molecule has 1 saturated carbocycles. The number of hydrogen-bond acceptors (Lipinski definition) is 5. The average Bonchev–Trinajstić information content (AvgIpc) is 3.32. The summed E-state index contributed by atoms with van der Waals surface area (Å²) in [6.07, 6.45) is 7.58. The largest absolute Gasteiger partial charge is 0.493 e. The third-order valence-electron chi connectivity index (χ3n) is 6.81. The van der Waals surface area contributed by atoms with Crippen LogP contribution >= 0.6 is 0 Å². The van der Waals surface area contributed by atoms with E-state index >= 15 is 0 Å². The molecule has 4 rings (SSSR count). The van der Waals surface area contributed by atoms with Gasteiger partial charge in [0, 0.05) is 19.1 Å². The lowest BCUT2D eigenvalue weighted by molar-refractivity contribution is -0.0352. The summed E-state index contributed by atoms with van der Waals surface area (Å²) in [6, 6.07) is 17.1. The molecule has 174 valence electrons. The van der Waals surface area contributed by atoms with Crippen molar-refractivity contribution in [3.8, 4) is 11.5 Å². The van der Waals surface area contributed by atoms with Crippen LogP contribution in [0.2, 0.25) is 0 Å². The summed E-state index contributed by atoms with van der Waals surface area (Å²) < 4.78 is 23.4. The highest BCUT2D eigenvalue weighted by atomic mass is 16.5. The van der Waals surface area contributed by atoms with E-state index in [1.807, 2.05) is 6.07 Å². The number of methoxy groups -OCH3 is 2. The van der Waals surface area contributed by atoms with E-state index in [-0.39, 0.29) is 0 Å². The molecule has 5 heteroatoms. The maximum atomic E-state index is 6.45. The van der Waals surface area contributed by atoms with Gasteiger partial charge in [-0.05, 0) is 48.9 Å². The lowest BCUT2D eigenvalue weighted by atomic mass is 9.91. The van der Waals surface area contributed by atoms with E-state index in [9.17, 15) is 0 Å². The number of nitrogens with zero attached hydrogens (tertiary/aromatic N) is 1. The Labute approximate surface area is 192 Å². The van der Waals surface area contributed by atoms with Gasteiger partial charge in [0.1, 0.15) is 0 Å². The zero-order valence-corrected chi connectivity index (χ0v) is 19.5. The van der Waals surface area contributed by atoms with Crippen LogP contribution < -0.4 is 9.47 Å². The van der Waals surface area contributed by atoms with Gasteiger partial charge in [-0.1, -0.05) is 49.2 Å². The van der Waals surface area contributed by atoms with Gasteiger partial charge in [0.25, 0.3) is 0 Å². The Morgan fingerprint density at radius 3 is 2.47 bits per heavy atom. The molecule has 5 nitrogen and oxygen atoms in total. The standard InChI is InChI=1S/C27H37NO4/c1-29-26-13-12-21(18-27(26)30-2)15-17-31-25-11-7-6-10-24(25)28-16-14-23(19-28)32-20-22-8-4-3-5-9-22/h3-5,8-9,12-13,18,23-25H,6-7,10-11,14-17,19-20H2,1-2H3/t23-,24+,25?/m0/s1. The Kier molecular flexibility index (Phi) is 8.43. The van der Waals surface area contributed by atoms with E-state index in [4.69, 9.17) is 18.9 Å². The molecule has 1 aliphatic heterocycles. The van der Waals surface area contributed by atoms with Crippen molar-refractivity contribution in [2.75, 3.05) is 33.9 Å². The quantitative estimate of drug-likeness (QED) is 0.528. The summed E-state index contributed by atoms with van der Waals surface area (Å²) in [7, 11) is 3.34. The minimum absolute atomic E-state index is 0.316. The molecule has 0 spiro atoms. The fourth-order valence-corrected chi connectivity index (χ4v) is 5.03. The Bertz CT molecular complexity index is 828. The van der Waals surface area contributed by atoms with Gasteiger partial charge in [-0.25, -0.2) is 0 Å². The van der Waals surface area contributed by atoms with Crippen molar-refractivity contribution >= 4 is 0 Å². The monoisotopic (exact) mass is 439 g/mol. The molecule has 32 heavy (non-hydrogen) atoms. The van der Waals surface area contributed by atoms with Crippen LogP contribution in [0.1, 0.15) is 43.2 Å². The smallest absolute Gasteiger partial charge is 0.160 e. The fraction of sp³-hybridized carbons (Fsp3) is 0.556. The first-order valence-electron chi connectivity index (χ1n) is 12.0. The van der Waals surface area contributed by atoms with E-state index in [1.165, 1.54) is 30.4 Å². The minimum Gasteiger partial charge on any atom is -0.493 e. The van der Waals surface area contributed by atoms with Crippen LogP contribution in [0.4, 0.5) is 0 Å². The van der Waals surface area contributed by atoms with Crippen molar-refractivity contribution < 1.29 is 18.9 Å². The molecule has 1 aliphatic carbocycles. The van der Waals surface area contributed by atoms with Crippen LogP contribution in [-0.4, -0.2) is 57.1 Å². The number of benzene rings is 2.